The second-order valence-electron chi connectivity index (χ2n) is 7.77. The van der Waals surface area contributed by atoms with Crippen LogP contribution in [0.1, 0.15) is 105 Å². The Morgan fingerprint density at radius 1 is 0.867 bits per heavy atom. The summed E-state index contributed by atoms with van der Waals surface area (Å²) in [4.78, 5) is 24.6. The highest BCUT2D eigenvalue weighted by atomic mass is 16.5. The summed E-state index contributed by atoms with van der Waals surface area (Å²) in [6.07, 6.45) is 12.5. The summed E-state index contributed by atoms with van der Waals surface area (Å²) in [5.74, 6) is -1.34. The van der Waals surface area contributed by atoms with Gasteiger partial charge >= 0.3 is 11.9 Å². The number of fused-ring (bicyclic) bond motifs is 1. The number of ether oxygens (including phenoxy) is 3. The van der Waals surface area contributed by atoms with Crippen LogP contribution in [0.25, 0.3) is 0 Å². The number of esters is 1. The molecule has 1 N–H and O–H groups in total. The molecule has 1 aromatic heterocycles. The van der Waals surface area contributed by atoms with Crippen molar-refractivity contribution in [2.75, 3.05) is 19.8 Å². The molecule has 170 valence electrons. The molecular weight excluding hydrogens is 386 g/mol. The number of carbonyl (C=O) groups excluding carboxylic acids is 1. The normalized spacial score (nSPS) is 13.1. The number of carbonyl (C=O) groups is 2. The maximum atomic E-state index is 12.6. The van der Waals surface area contributed by atoms with Crippen LogP contribution in [0.5, 0.6) is 11.5 Å². The highest BCUT2D eigenvalue weighted by Crippen LogP contribution is 2.40. The molecule has 0 saturated carbocycles. The molecule has 7 nitrogen and oxygen atoms in total. The molecular formula is C23H37NO6. The van der Waals surface area contributed by atoms with Crippen molar-refractivity contribution in [1.82, 2.24) is 4.57 Å². The second kappa shape index (κ2) is 13.2. The third-order valence-electron chi connectivity index (χ3n) is 5.36. The third kappa shape index (κ3) is 6.67. The lowest BCUT2D eigenvalue weighted by molar-refractivity contribution is 0.0508. The SMILES string of the molecule is CCCCCCCCCCCCn1c(C(=O)O)c2c(c1C(=O)OCC)OCCCO2. The molecule has 0 amide bonds. The van der Waals surface area contributed by atoms with E-state index in [0.717, 1.165) is 19.3 Å². The zero-order chi connectivity index (χ0) is 21.8. The fourth-order valence-corrected chi connectivity index (χ4v) is 3.84. The van der Waals surface area contributed by atoms with Gasteiger partial charge in [-0.25, -0.2) is 9.59 Å². The van der Waals surface area contributed by atoms with Crippen molar-refractivity contribution in [2.45, 2.75) is 91.0 Å². The van der Waals surface area contributed by atoms with Gasteiger partial charge in [-0.05, 0) is 13.3 Å². The lowest BCUT2D eigenvalue weighted by Gasteiger charge is -2.12. The quantitative estimate of drug-likeness (QED) is 0.316. The van der Waals surface area contributed by atoms with E-state index in [-0.39, 0.29) is 29.5 Å². The Kier molecular flexibility index (Phi) is 10.6. The minimum absolute atomic E-state index is 0.0223. The first-order chi connectivity index (χ1) is 14.6. The summed E-state index contributed by atoms with van der Waals surface area (Å²) in [5.41, 5.74) is 0.132. The molecule has 7 heteroatoms. The van der Waals surface area contributed by atoms with E-state index in [1.165, 1.54) is 49.5 Å². The lowest BCUT2D eigenvalue weighted by atomic mass is 10.1. The number of carboxylic acids is 1. The molecule has 0 saturated heterocycles. The van der Waals surface area contributed by atoms with Crippen LogP contribution in [0.15, 0.2) is 0 Å². The van der Waals surface area contributed by atoms with Crippen molar-refractivity contribution < 1.29 is 28.9 Å². The van der Waals surface area contributed by atoms with Crippen LogP contribution in [0.2, 0.25) is 0 Å². The third-order valence-corrected chi connectivity index (χ3v) is 5.36. The van der Waals surface area contributed by atoms with Crippen LogP contribution in [-0.4, -0.2) is 41.4 Å². The average molecular weight is 424 g/mol. The Morgan fingerprint density at radius 2 is 1.40 bits per heavy atom. The van der Waals surface area contributed by atoms with Gasteiger partial charge in [0.15, 0.2) is 22.9 Å². The Labute approximate surface area is 179 Å². The van der Waals surface area contributed by atoms with Crippen LogP contribution in [0.4, 0.5) is 0 Å². The molecule has 0 radical (unpaired) electrons. The van der Waals surface area contributed by atoms with Crippen LogP contribution in [0, 0.1) is 0 Å². The van der Waals surface area contributed by atoms with Crippen molar-refractivity contribution in [1.29, 1.82) is 0 Å². The lowest BCUT2D eigenvalue weighted by Crippen LogP contribution is -2.18. The van der Waals surface area contributed by atoms with Gasteiger partial charge in [-0.15, -0.1) is 0 Å². The molecule has 2 heterocycles. The minimum atomic E-state index is -1.13. The summed E-state index contributed by atoms with van der Waals surface area (Å²) in [7, 11) is 0. The number of carboxylic acid groups (broad SMARTS) is 1. The number of aromatic carboxylic acids is 1. The van der Waals surface area contributed by atoms with E-state index >= 15 is 0 Å². The molecule has 0 atom stereocenters. The van der Waals surface area contributed by atoms with E-state index in [1.54, 1.807) is 6.92 Å². The number of nitrogens with zero attached hydrogens (tertiary/aromatic N) is 1. The van der Waals surface area contributed by atoms with E-state index in [9.17, 15) is 14.7 Å². The van der Waals surface area contributed by atoms with E-state index < -0.39 is 11.9 Å². The first kappa shape index (κ1) is 24.1. The number of aromatic nitrogens is 1. The molecule has 1 aromatic rings. The van der Waals surface area contributed by atoms with Gasteiger partial charge in [0, 0.05) is 13.0 Å². The van der Waals surface area contributed by atoms with Crippen molar-refractivity contribution >= 4 is 11.9 Å². The predicted molar refractivity (Wildman–Crippen MR) is 115 cm³/mol. The Bertz CT molecular complexity index is 682. The number of hydrogen-bond acceptors (Lipinski definition) is 5. The molecule has 0 spiro atoms. The topological polar surface area (TPSA) is 87.0 Å². The molecule has 2 rings (SSSR count). The van der Waals surface area contributed by atoms with Gasteiger partial charge in [-0.3, -0.25) is 0 Å². The smallest absolute Gasteiger partial charge is 0.359 e. The van der Waals surface area contributed by atoms with Crippen molar-refractivity contribution in [3.05, 3.63) is 11.4 Å². The van der Waals surface area contributed by atoms with Gasteiger partial charge in [0.05, 0.1) is 19.8 Å². The van der Waals surface area contributed by atoms with Crippen LogP contribution in [-0.2, 0) is 11.3 Å². The first-order valence-electron chi connectivity index (χ1n) is 11.5. The maximum absolute atomic E-state index is 12.6. The molecule has 0 fully saturated rings. The summed E-state index contributed by atoms with van der Waals surface area (Å²) in [5, 5.41) is 9.79. The van der Waals surface area contributed by atoms with Gasteiger partial charge in [-0.2, -0.15) is 0 Å². The van der Waals surface area contributed by atoms with E-state index in [1.807, 2.05) is 0 Å². The summed E-state index contributed by atoms with van der Waals surface area (Å²) >= 11 is 0. The highest BCUT2D eigenvalue weighted by molar-refractivity contribution is 5.99. The summed E-state index contributed by atoms with van der Waals surface area (Å²) in [6.45, 7) is 5.32. The van der Waals surface area contributed by atoms with Crippen molar-refractivity contribution in [2.24, 2.45) is 0 Å². The number of hydrogen-bond donors (Lipinski definition) is 1. The molecule has 0 unspecified atom stereocenters. The fourth-order valence-electron chi connectivity index (χ4n) is 3.84. The Morgan fingerprint density at radius 3 is 1.93 bits per heavy atom. The fraction of sp³-hybridized carbons (Fsp3) is 0.739. The molecule has 0 aromatic carbocycles. The van der Waals surface area contributed by atoms with Gasteiger partial charge in [0.1, 0.15) is 0 Å². The highest BCUT2D eigenvalue weighted by Gasteiger charge is 2.34. The van der Waals surface area contributed by atoms with E-state index in [2.05, 4.69) is 6.92 Å². The second-order valence-corrected chi connectivity index (χ2v) is 7.77. The molecule has 0 aliphatic carbocycles. The van der Waals surface area contributed by atoms with Crippen LogP contribution in [0.3, 0.4) is 0 Å². The molecule has 30 heavy (non-hydrogen) atoms. The number of unbranched alkanes of at least 4 members (excludes halogenated alkanes) is 9. The van der Waals surface area contributed by atoms with Gasteiger partial charge in [0.2, 0.25) is 0 Å². The summed E-state index contributed by atoms with van der Waals surface area (Å²) in [6, 6.07) is 0. The van der Waals surface area contributed by atoms with Gasteiger partial charge in [0.25, 0.3) is 0 Å². The molecule has 1 aliphatic heterocycles. The zero-order valence-corrected chi connectivity index (χ0v) is 18.5. The van der Waals surface area contributed by atoms with Crippen molar-refractivity contribution in [3.8, 4) is 11.5 Å². The van der Waals surface area contributed by atoms with Crippen LogP contribution < -0.4 is 9.47 Å². The van der Waals surface area contributed by atoms with Crippen LogP contribution >= 0.6 is 0 Å². The Hall–Kier alpha value is -2.18. The minimum Gasteiger partial charge on any atom is -0.487 e. The maximum Gasteiger partial charge on any atom is 0.359 e. The standard InChI is InChI=1S/C23H37NO6/c1-3-5-6-7-8-9-10-11-12-13-15-24-18(22(25)26)20-21(30-17-14-16-29-20)19(24)23(27)28-4-2/h3-17H2,1-2H3,(H,25,26). The molecule has 1 aliphatic rings. The average Bonchev–Trinajstić information content (AvgIpc) is 2.84. The van der Waals surface area contributed by atoms with Gasteiger partial charge in [-0.1, -0.05) is 64.7 Å². The zero-order valence-electron chi connectivity index (χ0n) is 18.5. The number of rotatable bonds is 14. The molecule has 0 bridgehead atoms. The van der Waals surface area contributed by atoms with Crippen molar-refractivity contribution in [3.63, 3.8) is 0 Å². The van der Waals surface area contributed by atoms with Gasteiger partial charge < -0.3 is 23.9 Å². The van der Waals surface area contributed by atoms with E-state index in [0.29, 0.717) is 26.2 Å². The Balaban J connectivity index is 2.00. The summed E-state index contributed by atoms with van der Waals surface area (Å²) < 4.78 is 18.1. The van der Waals surface area contributed by atoms with E-state index in [4.69, 9.17) is 14.2 Å². The predicted octanol–water partition coefficient (Wildman–Crippen LogP) is 5.45. The first-order valence-corrected chi connectivity index (χ1v) is 11.5. The monoisotopic (exact) mass is 423 g/mol. The largest absolute Gasteiger partial charge is 0.487 e.